The Hall–Kier alpha value is -1.66. The number of rotatable bonds is 4. The number of nitrogens with zero attached hydrogens (tertiary/aromatic N) is 1. The van der Waals surface area contributed by atoms with Crippen LogP contribution in [0.15, 0.2) is 0 Å². The summed E-state index contributed by atoms with van der Waals surface area (Å²) in [4.78, 5) is 31.1. The van der Waals surface area contributed by atoms with Crippen LogP contribution in [0.5, 0.6) is 0 Å². The number of carbonyl (C=O) groups is 2. The van der Waals surface area contributed by atoms with Gasteiger partial charge >= 0.3 is 0 Å². The van der Waals surface area contributed by atoms with Gasteiger partial charge in [-0.05, 0) is 52.0 Å². The molecule has 2 aliphatic rings. The Kier molecular flexibility index (Phi) is 5.49. The predicted molar refractivity (Wildman–Crippen MR) is 110 cm³/mol. The lowest BCUT2D eigenvalue weighted by molar-refractivity contribution is -0.0948. The summed E-state index contributed by atoms with van der Waals surface area (Å²) in [5.41, 5.74) is 2.68. The lowest BCUT2D eigenvalue weighted by Crippen LogP contribution is -2.58. The maximum atomic E-state index is 12.9. The van der Waals surface area contributed by atoms with Crippen molar-refractivity contribution >= 4 is 11.7 Å². The van der Waals surface area contributed by atoms with E-state index < -0.39 is 0 Å². The average molecular weight is 390 g/mol. The van der Waals surface area contributed by atoms with Crippen LogP contribution < -0.4 is 5.32 Å². The number of amides is 1. The third-order valence-electron chi connectivity index (χ3n) is 6.09. The molecule has 0 spiro atoms. The molecule has 1 fully saturated rings. The fourth-order valence-electron chi connectivity index (χ4n) is 4.63. The van der Waals surface area contributed by atoms with Gasteiger partial charge in [-0.15, -0.1) is 0 Å². The molecule has 28 heavy (non-hydrogen) atoms. The molecule has 2 heterocycles. The van der Waals surface area contributed by atoms with Gasteiger partial charge in [0.15, 0.2) is 5.78 Å². The second kappa shape index (κ2) is 7.30. The van der Waals surface area contributed by atoms with E-state index in [-0.39, 0.29) is 34.9 Å². The van der Waals surface area contributed by atoms with Gasteiger partial charge in [-0.1, -0.05) is 13.8 Å². The molecule has 0 radical (unpaired) electrons. The summed E-state index contributed by atoms with van der Waals surface area (Å²) in [7, 11) is 0. The standard InChI is InChI=1S/C22H35N3O3/c1-13-10-25(11-14(2)28-13)22(6,7)12-23-20(27)19-15(3)18-16(24-19)8-21(4,5)9-17(18)26/h13-14,24H,8-12H2,1-7H3,(H,23,27). The van der Waals surface area contributed by atoms with Crippen molar-refractivity contribution in [2.45, 2.75) is 79.1 Å². The highest BCUT2D eigenvalue weighted by molar-refractivity contribution is 6.04. The molecule has 1 aliphatic carbocycles. The number of H-pyrrole nitrogens is 1. The molecule has 0 saturated carbocycles. The number of fused-ring (bicyclic) bond motifs is 1. The highest BCUT2D eigenvalue weighted by Gasteiger charge is 2.36. The number of aromatic amines is 1. The number of nitrogens with one attached hydrogen (secondary N) is 2. The molecule has 2 atom stereocenters. The van der Waals surface area contributed by atoms with E-state index in [2.05, 4.69) is 56.7 Å². The van der Waals surface area contributed by atoms with E-state index in [0.29, 0.717) is 18.7 Å². The highest BCUT2D eigenvalue weighted by atomic mass is 16.5. The van der Waals surface area contributed by atoms with Crippen LogP contribution in [0.3, 0.4) is 0 Å². The molecule has 1 aromatic rings. The number of hydrogen-bond donors (Lipinski definition) is 2. The van der Waals surface area contributed by atoms with Crippen LogP contribution in [0.25, 0.3) is 0 Å². The minimum Gasteiger partial charge on any atom is -0.373 e. The molecule has 6 nitrogen and oxygen atoms in total. The van der Waals surface area contributed by atoms with Crippen molar-refractivity contribution in [2.75, 3.05) is 19.6 Å². The Morgan fingerprint density at radius 2 is 1.86 bits per heavy atom. The highest BCUT2D eigenvalue weighted by Crippen LogP contribution is 2.36. The lowest BCUT2D eigenvalue weighted by atomic mass is 9.75. The number of ketones is 1. The maximum absolute atomic E-state index is 12.9. The van der Waals surface area contributed by atoms with Gasteiger partial charge in [0, 0.05) is 42.9 Å². The zero-order chi connectivity index (χ0) is 20.9. The van der Waals surface area contributed by atoms with Crippen molar-refractivity contribution in [3.05, 3.63) is 22.5 Å². The first-order valence-corrected chi connectivity index (χ1v) is 10.3. The third kappa shape index (κ3) is 4.18. The molecular weight excluding hydrogens is 354 g/mol. The fourth-order valence-corrected chi connectivity index (χ4v) is 4.63. The van der Waals surface area contributed by atoms with Gasteiger partial charge in [0.1, 0.15) is 5.69 Å². The molecule has 2 unspecified atom stereocenters. The first kappa shape index (κ1) is 21.1. The maximum Gasteiger partial charge on any atom is 0.268 e. The smallest absolute Gasteiger partial charge is 0.268 e. The van der Waals surface area contributed by atoms with Crippen molar-refractivity contribution in [1.29, 1.82) is 0 Å². The number of carbonyl (C=O) groups excluding carboxylic acids is 2. The second-order valence-corrected chi connectivity index (χ2v) is 10.1. The van der Waals surface area contributed by atoms with Crippen molar-refractivity contribution < 1.29 is 14.3 Å². The molecular formula is C22H35N3O3. The Morgan fingerprint density at radius 3 is 2.46 bits per heavy atom. The lowest BCUT2D eigenvalue weighted by Gasteiger charge is -2.45. The number of ether oxygens (including phenoxy) is 1. The van der Waals surface area contributed by atoms with Crippen LogP contribution in [0, 0.1) is 12.3 Å². The quantitative estimate of drug-likeness (QED) is 0.830. The average Bonchev–Trinajstić information content (AvgIpc) is 2.87. The zero-order valence-electron chi connectivity index (χ0n) is 18.4. The minimum atomic E-state index is -0.181. The number of aromatic nitrogens is 1. The molecule has 1 aromatic heterocycles. The minimum absolute atomic E-state index is 0.0686. The third-order valence-corrected chi connectivity index (χ3v) is 6.09. The van der Waals surface area contributed by atoms with Gasteiger partial charge < -0.3 is 15.0 Å². The largest absolute Gasteiger partial charge is 0.373 e. The molecule has 1 amide bonds. The van der Waals surface area contributed by atoms with E-state index in [4.69, 9.17) is 4.74 Å². The second-order valence-electron chi connectivity index (χ2n) is 10.1. The zero-order valence-corrected chi connectivity index (χ0v) is 18.4. The molecule has 6 heteroatoms. The molecule has 3 rings (SSSR count). The summed E-state index contributed by atoms with van der Waals surface area (Å²) in [6, 6.07) is 0. The normalized spacial score (nSPS) is 25.5. The topological polar surface area (TPSA) is 74.4 Å². The van der Waals surface area contributed by atoms with Crippen molar-refractivity contribution in [3.8, 4) is 0 Å². The van der Waals surface area contributed by atoms with E-state index in [1.54, 1.807) is 0 Å². The molecule has 0 bridgehead atoms. The van der Waals surface area contributed by atoms with Gasteiger partial charge in [-0.25, -0.2) is 0 Å². The first-order valence-electron chi connectivity index (χ1n) is 10.3. The van der Waals surface area contributed by atoms with Crippen LogP contribution in [-0.4, -0.2) is 59.0 Å². The number of hydrogen-bond acceptors (Lipinski definition) is 4. The van der Waals surface area contributed by atoms with Crippen LogP contribution in [-0.2, 0) is 11.2 Å². The molecule has 2 N–H and O–H groups in total. The van der Waals surface area contributed by atoms with E-state index >= 15 is 0 Å². The summed E-state index contributed by atoms with van der Waals surface area (Å²) in [5, 5.41) is 3.09. The van der Waals surface area contributed by atoms with Crippen LogP contribution in [0.2, 0.25) is 0 Å². The van der Waals surface area contributed by atoms with E-state index in [1.165, 1.54) is 0 Å². The summed E-state index contributed by atoms with van der Waals surface area (Å²) in [5.74, 6) is -0.00407. The van der Waals surface area contributed by atoms with E-state index in [0.717, 1.165) is 36.3 Å². The molecule has 1 aliphatic heterocycles. The van der Waals surface area contributed by atoms with Crippen molar-refractivity contribution in [3.63, 3.8) is 0 Å². The van der Waals surface area contributed by atoms with E-state index in [1.807, 2.05) is 6.92 Å². The van der Waals surface area contributed by atoms with Crippen LogP contribution in [0.4, 0.5) is 0 Å². The Bertz CT molecular complexity index is 768. The monoisotopic (exact) mass is 389 g/mol. The molecule has 156 valence electrons. The van der Waals surface area contributed by atoms with Crippen molar-refractivity contribution in [1.82, 2.24) is 15.2 Å². The fraction of sp³-hybridized carbons (Fsp3) is 0.727. The van der Waals surface area contributed by atoms with E-state index in [9.17, 15) is 9.59 Å². The van der Waals surface area contributed by atoms with Gasteiger partial charge in [0.25, 0.3) is 5.91 Å². The Labute approximate surface area is 168 Å². The van der Waals surface area contributed by atoms with Gasteiger partial charge in [0.05, 0.1) is 12.2 Å². The summed E-state index contributed by atoms with van der Waals surface area (Å²) in [6.45, 7) is 16.8. The van der Waals surface area contributed by atoms with Gasteiger partial charge in [-0.3, -0.25) is 14.5 Å². The van der Waals surface area contributed by atoms with Crippen LogP contribution >= 0.6 is 0 Å². The number of Topliss-reactive ketones (excluding diaryl/α,β-unsaturated/α-hetero) is 1. The summed E-state index contributed by atoms with van der Waals surface area (Å²) < 4.78 is 5.83. The van der Waals surface area contributed by atoms with Crippen LogP contribution in [0.1, 0.15) is 80.1 Å². The molecule has 1 saturated heterocycles. The first-order chi connectivity index (χ1) is 12.9. The van der Waals surface area contributed by atoms with Crippen molar-refractivity contribution in [2.24, 2.45) is 5.41 Å². The summed E-state index contributed by atoms with van der Waals surface area (Å²) >= 11 is 0. The molecule has 0 aromatic carbocycles. The Morgan fingerprint density at radius 1 is 1.25 bits per heavy atom. The SMILES string of the molecule is Cc1c(C(=O)NCC(C)(C)N2CC(C)OC(C)C2)[nH]c2c1C(=O)CC(C)(C)C2. The predicted octanol–water partition coefficient (Wildman–Crippen LogP) is 3.10. The van der Waals surface area contributed by atoms with Gasteiger partial charge in [-0.2, -0.15) is 0 Å². The Balaban J connectivity index is 1.71. The van der Waals surface area contributed by atoms with Gasteiger partial charge in [0.2, 0.25) is 0 Å². The number of morpholine rings is 1. The summed E-state index contributed by atoms with van der Waals surface area (Å²) in [6.07, 6.45) is 1.69.